The third-order valence-corrected chi connectivity index (χ3v) is 5.70. The van der Waals surface area contributed by atoms with Crippen LogP contribution in [-0.2, 0) is 14.4 Å². The number of carbonyl (C=O) groups is 3. The number of piperazine rings is 1. The molecule has 0 radical (unpaired) electrons. The number of hydrogen-bond donors (Lipinski definition) is 3. The Balaban J connectivity index is 1.55. The molecule has 0 saturated carbocycles. The predicted molar refractivity (Wildman–Crippen MR) is 111 cm³/mol. The van der Waals surface area contributed by atoms with Crippen LogP contribution in [0, 0.1) is 0 Å². The van der Waals surface area contributed by atoms with Gasteiger partial charge in [-0.3, -0.25) is 24.2 Å². The highest BCUT2D eigenvalue weighted by Gasteiger charge is 2.28. The number of carboxylic acid groups (broad SMARTS) is 1. The van der Waals surface area contributed by atoms with Crippen molar-refractivity contribution in [1.82, 2.24) is 25.3 Å². The molecule has 2 amide bonds. The Hall–Kier alpha value is -1.71. The number of amides is 2. The Bertz CT molecular complexity index is 537. The Morgan fingerprint density at radius 3 is 2.28 bits per heavy atom. The average Bonchev–Trinajstić information content (AvgIpc) is 3.10. The molecule has 0 aromatic heterocycles. The van der Waals surface area contributed by atoms with Crippen LogP contribution in [0.15, 0.2) is 0 Å². The molecule has 29 heavy (non-hydrogen) atoms. The molecule has 2 rings (SSSR count). The fourth-order valence-corrected chi connectivity index (χ4v) is 3.91. The van der Waals surface area contributed by atoms with Crippen molar-refractivity contribution in [2.75, 3.05) is 66.0 Å². The zero-order chi connectivity index (χ0) is 21.1. The van der Waals surface area contributed by atoms with Crippen LogP contribution in [0.25, 0.3) is 0 Å². The maximum Gasteiger partial charge on any atom is 0.303 e. The lowest BCUT2D eigenvalue weighted by Gasteiger charge is -2.36. The molecule has 2 fully saturated rings. The molecule has 2 aliphatic heterocycles. The van der Waals surface area contributed by atoms with E-state index in [4.69, 9.17) is 5.11 Å². The summed E-state index contributed by atoms with van der Waals surface area (Å²) in [6.45, 7) is 7.74. The number of likely N-dealkylation sites (tertiary alicyclic amines) is 1. The predicted octanol–water partition coefficient (Wildman–Crippen LogP) is -0.424. The van der Waals surface area contributed by atoms with E-state index in [0.717, 1.165) is 52.1 Å². The Labute approximate surface area is 173 Å². The van der Waals surface area contributed by atoms with Crippen molar-refractivity contribution in [3.05, 3.63) is 0 Å². The topological polar surface area (TPSA) is 105 Å². The Morgan fingerprint density at radius 2 is 1.59 bits per heavy atom. The van der Waals surface area contributed by atoms with Gasteiger partial charge >= 0.3 is 5.97 Å². The van der Waals surface area contributed by atoms with Crippen LogP contribution >= 0.6 is 0 Å². The molecule has 0 bridgehead atoms. The van der Waals surface area contributed by atoms with Gasteiger partial charge in [0.15, 0.2) is 0 Å². The minimum atomic E-state index is -0.856. The second-order valence-electron chi connectivity index (χ2n) is 8.17. The lowest BCUT2D eigenvalue weighted by molar-refractivity contribution is -0.137. The molecular weight excluding hydrogens is 385 g/mol. The summed E-state index contributed by atoms with van der Waals surface area (Å²) in [5.41, 5.74) is 0. The molecule has 9 nitrogen and oxygen atoms in total. The second-order valence-corrected chi connectivity index (χ2v) is 8.17. The maximum atomic E-state index is 12.3. The monoisotopic (exact) mass is 422 g/mol. The van der Waals surface area contributed by atoms with Crippen molar-refractivity contribution in [2.24, 2.45) is 0 Å². The summed E-state index contributed by atoms with van der Waals surface area (Å²) in [5, 5.41) is 14.2. The second kappa shape index (κ2) is 12.8. The molecule has 2 heterocycles. The number of hydrogen-bond acceptors (Lipinski definition) is 6. The van der Waals surface area contributed by atoms with Gasteiger partial charge in [-0.1, -0.05) is 0 Å². The van der Waals surface area contributed by atoms with Crippen LogP contribution in [-0.4, -0.2) is 110 Å². The molecule has 9 heteroatoms. The van der Waals surface area contributed by atoms with E-state index >= 15 is 0 Å². The lowest BCUT2D eigenvalue weighted by Crippen LogP contribution is -2.50. The summed E-state index contributed by atoms with van der Waals surface area (Å²) in [6, 6.07) is 0.459. The zero-order valence-corrected chi connectivity index (χ0v) is 17.7. The van der Waals surface area contributed by atoms with Crippen LogP contribution in [0.1, 0.15) is 38.5 Å². The van der Waals surface area contributed by atoms with Gasteiger partial charge in [0.05, 0.1) is 6.54 Å². The van der Waals surface area contributed by atoms with Gasteiger partial charge in [-0.2, -0.15) is 0 Å². The Morgan fingerprint density at radius 1 is 0.931 bits per heavy atom. The first kappa shape index (κ1) is 23.6. The van der Waals surface area contributed by atoms with Crippen LogP contribution < -0.4 is 10.6 Å². The molecule has 0 spiro atoms. The van der Waals surface area contributed by atoms with Crippen molar-refractivity contribution in [2.45, 2.75) is 44.6 Å². The van der Waals surface area contributed by atoms with Crippen LogP contribution in [0.5, 0.6) is 0 Å². The number of rotatable bonds is 12. The highest BCUT2D eigenvalue weighted by Crippen LogP contribution is 2.18. The highest BCUT2D eigenvalue weighted by molar-refractivity contribution is 5.78. The summed E-state index contributed by atoms with van der Waals surface area (Å²) < 4.78 is 0. The molecule has 2 aliphatic rings. The first-order chi connectivity index (χ1) is 13.9. The molecule has 0 aliphatic carbocycles. The molecule has 166 valence electrons. The van der Waals surface area contributed by atoms with Crippen molar-refractivity contribution in [3.8, 4) is 0 Å². The summed E-state index contributed by atoms with van der Waals surface area (Å²) in [5.74, 6) is -0.931. The van der Waals surface area contributed by atoms with Crippen LogP contribution in [0.4, 0.5) is 0 Å². The number of nitrogens with zero attached hydrogens (tertiary/aromatic N) is 3. The SMILES string of the molecule is CN1CC[15N](CC2CCC[15N]2C[13C](=O)N[13CH2][13CH2][13CH2][13C](=O)N[13CH2][13CH2][13CH2][13C](=O)O)CC1. The van der Waals surface area contributed by atoms with Crippen molar-refractivity contribution < 1.29 is 19.5 Å². The summed E-state index contributed by atoms with van der Waals surface area (Å²) >= 11 is 0. The van der Waals surface area contributed by atoms with E-state index in [-0.39, 0.29) is 18.2 Å². The quantitative estimate of drug-likeness (QED) is 0.223. The van der Waals surface area contributed by atoms with E-state index in [2.05, 4.69) is 32.4 Å². The highest BCUT2D eigenvalue weighted by atomic mass is 16.5. The van der Waals surface area contributed by atoms with Gasteiger partial charge < -0.3 is 20.6 Å². The largest absolute Gasteiger partial charge is 0.481 e. The third kappa shape index (κ3) is 9.56. The standard InChI is InChI=1S/C20H37N5O4/c1-23-11-13-24(14-12-23)15-17-5-4-10-25(17)16-19(27)22-8-2-6-18(26)21-9-3-7-20(28)29/h17H,2-16H2,1H3,(H,21,26)(H,22,27)(H,28,29)/i2+1,3+1,6+1,7+1,8+1,9+1,18+1,19+1,20+1,24+1,25+1. The normalized spacial score (nSPS) is 21.2. The van der Waals surface area contributed by atoms with E-state index in [1.807, 2.05) is 0 Å². The summed E-state index contributed by atoms with van der Waals surface area (Å²) in [4.78, 5) is 41.5. The smallest absolute Gasteiger partial charge is 0.303 e. The van der Waals surface area contributed by atoms with Crippen LogP contribution in [0.3, 0.4) is 0 Å². The fourth-order valence-electron chi connectivity index (χ4n) is 3.91. The van der Waals surface area contributed by atoms with Crippen molar-refractivity contribution in [3.63, 3.8) is 0 Å². The lowest BCUT2D eigenvalue weighted by atomic mass is 10.2. The molecule has 2 saturated heterocycles. The van der Waals surface area contributed by atoms with E-state index in [0.29, 0.717) is 44.9 Å². The molecule has 1 unspecified atom stereocenters. The van der Waals surface area contributed by atoms with Gasteiger partial charge in [-0.25, -0.2) is 0 Å². The molecular formula is C20H37N5O4. The summed E-state index contributed by atoms with van der Waals surface area (Å²) in [6.07, 6.45) is 3.71. The first-order valence-corrected chi connectivity index (χ1v) is 10.8. The molecule has 0 aromatic carbocycles. The van der Waals surface area contributed by atoms with E-state index in [1.165, 1.54) is 0 Å². The van der Waals surface area contributed by atoms with Gasteiger partial charge in [0.25, 0.3) is 0 Å². The minimum Gasteiger partial charge on any atom is -0.481 e. The van der Waals surface area contributed by atoms with E-state index in [1.54, 1.807) is 0 Å². The van der Waals surface area contributed by atoms with Crippen molar-refractivity contribution in [1.29, 1.82) is 0 Å². The van der Waals surface area contributed by atoms with E-state index in [9.17, 15) is 14.4 Å². The van der Waals surface area contributed by atoms with E-state index < -0.39 is 5.97 Å². The van der Waals surface area contributed by atoms with Crippen LogP contribution in [0.2, 0.25) is 0 Å². The van der Waals surface area contributed by atoms with Gasteiger partial charge in [0.2, 0.25) is 11.8 Å². The third-order valence-electron chi connectivity index (χ3n) is 5.70. The Kier molecular flexibility index (Phi) is 10.4. The summed E-state index contributed by atoms with van der Waals surface area (Å²) in [7, 11) is 2.16. The van der Waals surface area contributed by atoms with Crippen molar-refractivity contribution >= 4 is 17.8 Å². The number of nitrogens with one attached hydrogen (secondary N) is 2. The number of aliphatic carboxylic acids is 1. The van der Waals surface area contributed by atoms with Gasteiger partial charge in [-0.15, -0.1) is 0 Å². The fraction of sp³-hybridized carbons (Fsp3) is 0.850. The van der Waals surface area contributed by atoms with Gasteiger partial charge in [0.1, 0.15) is 0 Å². The molecule has 0 aromatic rings. The first-order valence-electron chi connectivity index (χ1n) is 10.8. The average molecular weight is 422 g/mol. The van der Waals surface area contributed by atoms with Gasteiger partial charge in [-0.05, 0) is 39.3 Å². The van der Waals surface area contributed by atoms with Gasteiger partial charge in [0, 0.05) is 64.7 Å². The number of carbonyl (C=O) groups excluding carboxylic acids is 2. The number of carboxylic acids is 1. The molecule has 3 N–H and O–H groups in total. The zero-order valence-electron chi connectivity index (χ0n) is 17.7. The maximum absolute atomic E-state index is 12.3. The number of likely N-dealkylation sites (N-methyl/N-ethyl adjacent to an activating group) is 1. The molecule has 1 atom stereocenters. The minimum absolute atomic E-state index is 0.0251.